The Hall–Kier alpha value is -0.120. The minimum absolute atomic E-state index is 0.266. The third kappa shape index (κ3) is 5.84. The summed E-state index contributed by atoms with van der Waals surface area (Å²) >= 11 is 0. The van der Waals surface area contributed by atoms with Crippen molar-refractivity contribution < 1.29 is 9.84 Å². The van der Waals surface area contributed by atoms with Crippen LogP contribution in [0.1, 0.15) is 47.5 Å². The molecular weight excluding hydrogens is 214 g/mol. The lowest BCUT2D eigenvalue weighted by Crippen LogP contribution is -2.49. The number of aliphatic hydroxyl groups is 1. The average molecular weight is 245 g/mol. The first kappa shape index (κ1) is 16.9. The van der Waals surface area contributed by atoms with Gasteiger partial charge in [0.25, 0.3) is 0 Å². The van der Waals surface area contributed by atoms with Gasteiger partial charge in [-0.25, -0.2) is 0 Å². The highest BCUT2D eigenvalue weighted by Crippen LogP contribution is 2.20. The number of hydrogen-bond acceptors (Lipinski definition) is 3. The third-order valence-corrected chi connectivity index (χ3v) is 3.81. The van der Waals surface area contributed by atoms with E-state index in [1.807, 2.05) is 6.92 Å². The first-order valence-electron chi connectivity index (χ1n) is 6.84. The van der Waals surface area contributed by atoms with Gasteiger partial charge in [-0.05, 0) is 25.7 Å². The maximum Gasteiger partial charge on any atom is 0.0768 e. The smallest absolute Gasteiger partial charge is 0.0768 e. The topological polar surface area (TPSA) is 32.7 Å². The summed E-state index contributed by atoms with van der Waals surface area (Å²) in [6.45, 7) is 12.8. The highest BCUT2D eigenvalue weighted by molar-refractivity contribution is 4.83. The Balaban J connectivity index is 4.57. The lowest BCUT2D eigenvalue weighted by Gasteiger charge is -2.38. The molecule has 0 aliphatic carbocycles. The number of ether oxygens (including phenoxy) is 1. The number of nitrogens with zero attached hydrogens (tertiary/aromatic N) is 1. The summed E-state index contributed by atoms with van der Waals surface area (Å²) in [7, 11) is 1.73. The minimum atomic E-state index is -0.629. The number of hydrogen-bond donors (Lipinski definition) is 1. The van der Waals surface area contributed by atoms with Crippen LogP contribution in [0, 0.1) is 5.92 Å². The molecule has 1 unspecified atom stereocenters. The van der Waals surface area contributed by atoms with Crippen molar-refractivity contribution in [3.63, 3.8) is 0 Å². The standard InChI is InChI=1S/C14H31NO2/c1-7-13(8-2)15(9-10-17-6)11-14(5,16)12(3)4/h12-13,16H,7-11H2,1-6H3. The quantitative estimate of drug-likeness (QED) is 0.677. The fourth-order valence-corrected chi connectivity index (χ4v) is 2.00. The summed E-state index contributed by atoms with van der Waals surface area (Å²) in [4.78, 5) is 2.36. The number of rotatable bonds is 9. The Morgan fingerprint density at radius 2 is 1.76 bits per heavy atom. The fraction of sp³-hybridized carbons (Fsp3) is 1.00. The molecule has 1 N–H and O–H groups in total. The van der Waals surface area contributed by atoms with E-state index in [0.717, 1.165) is 32.5 Å². The first-order chi connectivity index (χ1) is 7.88. The zero-order chi connectivity index (χ0) is 13.5. The molecular formula is C14H31NO2. The van der Waals surface area contributed by atoms with E-state index in [4.69, 9.17) is 4.74 Å². The van der Waals surface area contributed by atoms with Crippen LogP contribution in [0.5, 0.6) is 0 Å². The largest absolute Gasteiger partial charge is 0.389 e. The zero-order valence-corrected chi connectivity index (χ0v) is 12.5. The lowest BCUT2D eigenvalue weighted by molar-refractivity contribution is -0.0351. The molecule has 3 nitrogen and oxygen atoms in total. The van der Waals surface area contributed by atoms with E-state index in [2.05, 4.69) is 32.6 Å². The van der Waals surface area contributed by atoms with Gasteiger partial charge in [0.15, 0.2) is 0 Å². The van der Waals surface area contributed by atoms with Crippen LogP contribution in [0.2, 0.25) is 0 Å². The number of methoxy groups -OCH3 is 1. The van der Waals surface area contributed by atoms with Crippen molar-refractivity contribution in [1.82, 2.24) is 4.90 Å². The molecule has 0 aliphatic heterocycles. The van der Waals surface area contributed by atoms with Crippen LogP contribution in [-0.2, 0) is 4.74 Å². The van der Waals surface area contributed by atoms with Gasteiger partial charge in [0, 0.05) is 26.2 Å². The second kappa shape index (κ2) is 8.06. The second-order valence-electron chi connectivity index (χ2n) is 5.45. The van der Waals surface area contributed by atoms with Gasteiger partial charge >= 0.3 is 0 Å². The van der Waals surface area contributed by atoms with Gasteiger partial charge in [-0.2, -0.15) is 0 Å². The molecule has 0 aromatic heterocycles. The highest BCUT2D eigenvalue weighted by Gasteiger charge is 2.29. The van der Waals surface area contributed by atoms with E-state index in [1.54, 1.807) is 7.11 Å². The first-order valence-corrected chi connectivity index (χ1v) is 6.84. The van der Waals surface area contributed by atoms with Crippen molar-refractivity contribution in [2.45, 2.75) is 59.1 Å². The van der Waals surface area contributed by atoms with Crippen LogP contribution in [0.3, 0.4) is 0 Å². The Bertz CT molecular complexity index is 189. The summed E-state index contributed by atoms with van der Waals surface area (Å²) in [5.74, 6) is 0.266. The van der Waals surface area contributed by atoms with Crippen LogP contribution >= 0.6 is 0 Å². The molecule has 0 heterocycles. The van der Waals surface area contributed by atoms with Crippen molar-refractivity contribution in [3.05, 3.63) is 0 Å². The molecule has 0 aromatic carbocycles. The molecule has 17 heavy (non-hydrogen) atoms. The molecule has 0 aliphatic rings. The lowest BCUT2D eigenvalue weighted by atomic mass is 9.91. The molecule has 0 saturated carbocycles. The molecule has 0 saturated heterocycles. The SMILES string of the molecule is CCC(CC)N(CCOC)CC(C)(O)C(C)C. The Kier molecular flexibility index (Phi) is 8.01. The highest BCUT2D eigenvalue weighted by atomic mass is 16.5. The van der Waals surface area contributed by atoms with Crippen molar-refractivity contribution >= 4 is 0 Å². The molecule has 104 valence electrons. The maximum absolute atomic E-state index is 10.4. The van der Waals surface area contributed by atoms with E-state index >= 15 is 0 Å². The molecule has 0 rings (SSSR count). The van der Waals surface area contributed by atoms with Crippen molar-refractivity contribution in [1.29, 1.82) is 0 Å². The molecule has 0 fully saturated rings. The zero-order valence-electron chi connectivity index (χ0n) is 12.5. The normalized spacial score (nSPS) is 15.9. The van der Waals surface area contributed by atoms with Crippen molar-refractivity contribution in [3.8, 4) is 0 Å². The molecule has 0 amide bonds. The maximum atomic E-state index is 10.4. The van der Waals surface area contributed by atoms with Crippen LogP contribution in [0.25, 0.3) is 0 Å². The van der Waals surface area contributed by atoms with Crippen LogP contribution in [0.4, 0.5) is 0 Å². The summed E-state index contributed by atoms with van der Waals surface area (Å²) in [6.07, 6.45) is 2.24. The summed E-state index contributed by atoms with van der Waals surface area (Å²) in [5, 5.41) is 10.4. The van der Waals surface area contributed by atoms with Crippen molar-refractivity contribution in [2.24, 2.45) is 5.92 Å². The van der Waals surface area contributed by atoms with Gasteiger partial charge < -0.3 is 9.84 Å². The Morgan fingerprint density at radius 1 is 1.24 bits per heavy atom. The van der Waals surface area contributed by atoms with E-state index < -0.39 is 5.60 Å². The summed E-state index contributed by atoms with van der Waals surface area (Å²) < 4.78 is 5.16. The Labute approximate surface area is 107 Å². The van der Waals surface area contributed by atoms with E-state index in [0.29, 0.717) is 6.04 Å². The van der Waals surface area contributed by atoms with Crippen LogP contribution < -0.4 is 0 Å². The fourth-order valence-electron chi connectivity index (χ4n) is 2.00. The molecule has 1 atom stereocenters. The Morgan fingerprint density at radius 3 is 2.12 bits per heavy atom. The summed E-state index contributed by atoms with van der Waals surface area (Å²) in [6, 6.07) is 0.537. The predicted octanol–water partition coefficient (Wildman–Crippen LogP) is 2.53. The molecule has 3 heteroatoms. The van der Waals surface area contributed by atoms with Gasteiger partial charge in [-0.15, -0.1) is 0 Å². The van der Waals surface area contributed by atoms with Gasteiger partial charge in [0.2, 0.25) is 0 Å². The second-order valence-corrected chi connectivity index (χ2v) is 5.45. The predicted molar refractivity (Wildman–Crippen MR) is 73.3 cm³/mol. The van der Waals surface area contributed by atoms with Gasteiger partial charge in [0.1, 0.15) is 0 Å². The summed E-state index contributed by atoms with van der Waals surface area (Å²) in [5.41, 5.74) is -0.629. The monoisotopic (exact) mass is 245 g/mol. The molecule has 0 bridgehead atoms. The van der Waals surface area contributed by atoms with Crippen LogP contribution in [0.15, 0.2) is 0 Å². The van der Waals surface area contributed by atoms with Gasteiger partial charge in [-0.1, -0.05) is 27.7 Å². The average Bonchev–Trinajstić information content (AvgIpc) is 2.26. The molecule has 0 spiro atoms. The minimum Gasteiger partial charge on any atom is -0.389 e. The molecule has 0 aromatic rings. The van der Waals surface area contributed by atoms with E-state index in [1.165, 1.54) is 0 Å². The van der Waals surface area contributed by atoms with Crippen LogP contribution in [-0.4, -0.2) is 48.5 Å². The van der Waals surface area contributed by atoms with Gasteiger partial charge in [0.05, 0.1) is 12.2 Å². The molecule has 0 radical (unpaired) electrons. The van der Waals surface area contributed by atoms with E-state index in [9.17, 15) is 5.11 Å². The third-order valence-electron chi connectivity index (χ3n) is 3.81. The van der Waals surface area contributed by atoms with Crippen molar-refractivity contribution in [2.75, 3.05) is 26.8 Å². The van der Waals surface area contributed by atoms with Gasteiger partial charge in [-0.3, -0.25) is 4.90 Å². The van der Waals surface area contributed by atoms with E-state index in [-0.39, 0.29) is 5.92 Å².